The van der Waals surface area contributed by atoms with E-state index in [1.165, 1.54) is 6.07 Å². The maximum atomic E-state index is 14.5. The van der Waals surface area contributed by atoms with Gasteiger partial charge in [-0.05, 0) is 62.8 Å². The summed E-state index contributed by atoms with van der Waals surface area (Å²) in [6.45, 7) is 0.277. The Morgan fingerprint density at radius 2 is 1.89 bits per heavy atom. The van der Waals surface area contributed by atoms with E-state index in [1.54, 1.807) is 18.2 Å². The van der Waals surface area contributed by atoms with Gasteiger partial charge in [0.05, 0.1) is 33.0 Å². The maximum absolute atomic E-state index is 14.5. The van der Waals surface area contributed by atoms with Crippen molar-refractivity contribution in [3.63, 3.8) is 0 Å². The lowest BCUT2D eigenvalue weighted by molar-refractivity contribution is -0.0641. The van der Waals surface area contributed by atoms with Gasteiger partial charge in [0.2, 0.25) is 0 Å². The average Bonchev–Trinajstić information content (AvgIpc) is 3.48. The summed E-state index contributed by atoms with van der Waals surface area (Å²) >= 11 is 14.0. The summed E-state index contributed by atoms with van der Waals surface area (Å²) in [6.07, 6.45) is 3.86. The lowest BCUT2D eigenvalue weighted by Gasteiger charge is -2.34. The molecule has 2 heterocycles. The molecule has 2 aromatic heterocycles. The number of aromatic nitrogens is 2. The van der Waals surface area contributed by atoms with Gasteiger partial charge in [-0.2, -0.15) is 0 Å². The highest BCUT2D eigenvalue weighted by atomic mass is 35.5. The van der Waals surface area contributed by atoms with Gasteiger partial charge in [0, 0.05) is 17.0 Å². The van der Waals surface area contributed by atoms with Crippen molar-refractivity contribution in [1.82, 2.24) is 10.1 Å². The monoisotopic (exact) mass is 576 g/mol. The van der Waals surface area contributed by atoms with Gasteiger partial charge in [-0.1, -0.05) is 34.4 Å². The van der Waals surface area contributed by atoms with E-state index in [2.05, 4.69) is 10.1 Å². The number of halogens is 3. The molecule has 0 spiro atoms. The molecule has 4 aromatic rings. The molecule has 2 aliphatic rings. The van der Waals surface area contributed by atoms with Crippen LogP contribution in [0.1, 0.15) is 71.1 Å². The van der Waals surface area contributed by atoms with Gasteiger partial charge >= 0.3 is 5.97 Å². The zero-order chi connectivity index (χ0) is 26.6. The number of aromatic carboxylic acids is 1. The Morgan fingerprint density at radius 3 is 2.55 bits per heavy atom. The Balaban J connectivity index is 1.18. The number of thiazole rings is 1. The standard InChI is InChI=1S/C27H23Cl2FN2O5S/c28-17-2-1-3-18(29)21(17)22-16(24(37-32-22)13-4-5-13)12-36-15-6-8-27(35,9-7-15)26-31-23-19(30)10-14(25(33)34)11-20(23)38-26/h1-3,10-11,13,15,35H,4-9,12H2,(H,33,34). The highest BCUT2D eigenvalue weighted by molar-refractivity contribution is 7.18. The van der Waals surface area contributed by atoms with E-state index in [1.807, 2.05) is 0 Å². The van der Waals surface area contributed by atoms with Crippen molar-refractivity contribution in [2.75, 3.05) is 0 Å². The molecule has 2 saturated carbocycles. The van der Waals surface area contributed by atoms with Gasteiger partial charge in [-0.15, -0.1) is 11.3 Å². The number of rotatable bonds is 7. The van der Waals surface area contributed by atoms with E-state index in [0.29, 0.717) is 62.6 Å². The maximum Gasteiger partial charge on any atom is 0.335 e. The molecule has 0 unspecified atom stereocenters. The summed E-state index contributed by atoms with van der Waals surface area (Å²) in [5.74, 6) is -0.804. The molecule has 0 saturated heterocycles. The van der Waals surface area contributed by atoms with Gasteiger partial charge in [0.25, 0.3) is 0 Å². The fraction of sp³-hybridized carbons (Fsp3) is 0.370. The molecule has 2 aliphatic carbocycles. The van der Waals surface area contributed by atoms with Crippen LogP contribution in [-0.4, -0.2) is 32.4 Å². The van der Waals surface area contributed by atoms with Crippen molar-refractivity contribution < 1.29 is 28.7 Å². The fourth-order valence-corrected chi connectivity index (χ4v) is 6.75. The number of carboxylic acid groups (broad SMARTS) is 1. The smallest absolute Gasteiger partial charge is 0.335 e. The molecule has 2 fully saturated rings. The Labute approximate surface area is 231 Å². The minimum Gasteiger partial charge on any atom is -0.478 e. The van der Waals surface area contributed by atoms with Crippen molar-refractivity contribution in [2.45, 2.75) is 62.8 Å². The predicted octanol–water partition coefficient (Wildman–Crippen LogP) is 7.32. The molecule has 0 radical (unpaired) electrons. The summed E-state index contributed by atoms with van der Waals surface area (Å²) < 4.78 is 26.9. The van der Waals surface area contributed by atoms with Gasteiger partial charge in [-0.3, -0.25) is 0 Å². The zero-order valence-electron chi connectivity index (χ0n) is 20.0. The first-order valence-corrected chi connectivity index (χ1v) is 13.9. The Bertz CT molecular complexity index is 1520. The second kappa shape index (κ2) is 9.88. The summed E-state index contributed by atoms with van der Waals surface area (Å²) in [7, 11) is 0. The average molecular weight is 577 g/mol. The molecule has 0 bridgehead atoms. The van der Waals surface area contributed by atoms with Gasteiger partial charge in [0.15, 0.2) is 5.82 Å². The summed E-state index contributed by atoms with van der Waals surface area (Å²) in [5.41, 5.74) is 0.758. The first-order valence-electron chi connectivity index (χ1n) is 12.3. The molecule has 38 heavy (non-hydrogen) atoms. The number of aliphatic hydroxyl groups is 1. The van der Waals surface area contributed by atoms with E-state index in [9.17, 15) is 19.4 Å². The third-order valence-corrected chi connectivity index (χ3v) is 9.11. The number of hydrogen-bond donors (Lipinski definition) is 2. The van der Waals surface area contributed by atoms with Crippen molar-refractivity contribution in [3.8, 4) is 11.3 Å². The number of nitrogens with zero attached hydrogens (tertiary/aromatic N) is 2. The first kappa shape index (κ1) is 25.7. The van der Waals surface area contributed by atoms with E-state index >= 15 is 0 Å². The quantitative estimate of drug-likeness (QED) is 0.237. The largest absolute Gasteiger partial charge is 0.478 e. The van der Waals surface area contributed by atoms with Crippen LogP contribution in [0.2, 0.25) is 10.0 Å². The van der Waals surface area contributed by atoms with Crippen molar-refractivity contribution in [1.29, 1.82) is 0 Å². The Morgan fingerprint density at radius 1 is 1.18 bits per heavy atom. The van der Waals surface area contributed by atoms with Crippen LogP contribution < -0.4 is 0 Å². The molecule has 11 heteroatoms. The van der Waals surface area contributed by atoms with E-state index < -0.39 is 17.4 Å². The molecule has 6 rings (SSSR count). The third kappa shape index (κ3) is 4.71. The second-order valence-electron chi connectivity index (χ2n) is 9.92. The van der Waals surface area contributed by atoms with Crippen molar-refractivity contribution >= 4 is 50.7 Å². The molecule has 2 aromatic carbocycles. The normalized spacial score (nSPS) is 21.7. The molecule has 2 N–H and O–H groups in total. The van der Waals surface area contributed by atoms with Gasteiger partial charge < -0.3 is 19.5 Å². The van der Waals surface area contributed by atoms with Crippen LogP contribution in [0.25, 0.3) is 21.5 Å². The molecule has 0 atom stereocenters. The first-order chi connectivity index (χ1) is 18.2. The van der Waals surface area contributed by atoms with E-state index in [0.717, 1.165) is 41.6 Å². The van der Waals surface area contributed by atoms with Crippen LogP contribution in [0.15, 0.2) is 34.9 Å². The summed E-state index contributed by atoms with van der Waals surface area (Å²) in [6, 6.07) is 7.64. The summed E-state index contributed by atoms with van der Waals surface area (Å²) in [4.78, 5) is 15.6. The van der Waals surface area contributed by atoms with E-state index in [-0.39, 0.29) is 23.8 Å². The minimum absolute atomic E-state index is 0.0765. The fourth-order valence-electron chi connectivity index (χ4n) is 5.01. The molecule has 0 aliphatic heterocycles. The molecular formula is C27H23Cl2FN2O5S. The van der Waals surface area contributed by atoms with Gasteiger partial charge in [0.1, 0.15) is 27.6 Å². The Hall–Kier alpha value is -2.56. The van der Waals surface area contributed by atoms with Crippen LogP contribution in [0.5, 0.6) is 0 Å². The third-order valence-electron chi connectivity index (χ3n) is 7.28. The van der Waals surface area contributed by atoms with Crippen LogP contribution in [0.3, 0.4) is 0 Å². The van der Waals surface area contributed by atoms with E-state index in [4.69, 9.17) is 32.5 Å². The van der Waals surface area contributed by atoms with Crippen molar-refractivity contribution in [2.24, 2.45) is 0 Å². The van der Waals surface area contributed by atoms with Crippen LogP contribution in [0.4, 0.5) is 4.39 Å². The predicted molar refractivity (Wildman–Crippen MR) is 141 cm³/mol. The summed E-state index contributed by atoms with van der Waals surface area (Å²) in [5, 5.41) is 26.2. The Kier molecular flexibility index (Phi) is 6.68. The topological polar surface area (TPSA) is 106 Å². The minimum atomic E-state index is -1.23. The number of carboxylic acids is 1. The molecule has 198 valence electrons. The lowest BCUT2D eigenvalue weighted by atomic mass is 9.83. The van der Waals surface area contributed by atoms with Crippen LogP contribution in [0, 0.1) is 5.82 Å². The van der Waals surface area contributed by atoms with Gasteiger partial charge in [-0.25, -0.2) is 14.2 Å². The van der Waals surface area contributed by atoms with Crippen LogP contribution in [-0.2, 0) is 16.9 Å². The lowest BCUT2D eigenvalue weighted by Crippen LogP contribution is -2.34. The number of hydrogen-bond acceptors (Lipinski definition) is 7. The zero-order valence-corrected chi connectivity index (χ0v) is 22.4. The highest BCUT2D eigenvalue weighted by Crippen LogP contribution is 2.47. The molecule has 7 nitrogen and oxygen atoms in total. The highest BCUT2D eigenvalue weighted by Gasteiger charge is 2.39. The SMILES string of the molecule is O=C(O)c1cc(F)c2nc(C3(O)CCC(OCc4c(-c5c(Cl)cccc5Cl)noc4C4CC4)CC3)sc2c1. The van der Waals surface area contributed by atoms with Crippen molar-refractivity contribution in [3.05, 3.63) is 68.1 Å². The van der Waals surface area contributed by atoms with Crippen LogP contribution >= 0.6 is 34.5 Å². The number of carbonyl (C=O) groups is 1. The number of benzene rings is 2. The number of ether oxygens (including phenoxy) is 1. The molecular weight excluding hydrogens is 554 g/mol. The second-order valence-corrected chi connectivity index (χ2v) is 11.8. The molecule has 0 amide bonds. The number of fused-ring (bicyclic) bond motifs is 1.